The molecule has 0 spiro atoms. The van der Waals surface area contributed by atoms with Gasteiger partial charge in [-0.15, -0.1) is 0 Å². The van der Waals surface area contributed by atoms with E-state index in [4.69, 9.17) is 0 Å². The molecule has 0 aromatic heterocycles. The first kappa shape index (κ1) is 15.3. The van der Waals surface area contributed by atoms with Crippen LogP contribution in [0.15, 0.2) is 24.3 Å². The van der Waals surface area contributed by atoms with E-state index in [1.54, 1.807) is 19.0 Å². The Labute approximate surface area is 125 Å². The van der Waals surface area contributed by atoms with Crippen LogP contribution in [0.3, 0.4) is 0 Å². The number of anilines is 1. The fourth-order valence-corrected chi connectivity index (χ4v) is 2.38. The highest BCUT2D eigenvalue weighted by Crippen LogP contribution is 2.13. The molecular formula is C15H22N4O2. The van der Waals surface area contributed by atoms with Gasteiger partial charge >= 0.3 is 6.03 Å². The van der Waals surface area contributed by atoms with Crippen molar-refractivity contribution in [2.24, 2.45) is 0 Å². The number of likely N-dealkylation sites (N-methyl/N-ethyl adjacent to an activating group) is 1. The maximum absolute atomic E-state index is 12.4. The van der Waals surface area contributed by atoms with Gasteiger partial charge in [-0.1, -0.05) is 12.1 Å². The Balaban J connectivity index is 2.10. The van der Waals surface area contributed by atoms with E-state index >= 15 is 0 Å². The summed E-state index contributed by atoms with van der Waals surface area (Å²) in [5.74, 6) is -0.0680. The molecule has 0 bridgehead atoms. The zero-order valence-electron chi connectivity index (χ0n) is 12.7. The number of piperazine rings is 1. The molecule has 3 amide bonds. The molecule has 6 heteroatoms. The van der Waals surface area contributed by atoms with Crippen molar-refractivity contribution < 1.29 is 9.59 Å². The second-order valence-corrected chi connectivity index (χ2v) is 5.45. The van der Waals surface area contributed by atoms with Crippen molar-refractivity contribution in [3.8, 4) is 0 Å². The molecular weight excluding hydrogens is 268 g/mol. The van der Waals surface area contributed by atoms with Crippen LogP contribution in [0.25, 0.3) is 0 Å². The number of nitrogens with zero attached hydrogens (tertiary/aromatic N) is 2. The summed E-state index contributed by atoms with van der Waals surface area (Å²) in [6, 6.07) is 6.92. The molecule has 1 aliphatic heterocycles. The van der Waals surface area contributed by atoms with E-state index in [9.17, 15) is 9.59 Å². The summed E-state index contributed by atoms with van der Waals surface area (Å²) in [4.78, 5) is 27.7. The SMILES string of the molecule is Cc1cccc(NC(=O)N2CCNCC2C(=O)N(C)C)c1. The third-order valence-electron chi connectivity index (χ3n) is 3.50. The molecule has 1 heterocycles. The number of hydrogen-bond donors (Lipinski definition) is 2. The highest BCUT2D eigenvalue weighted by Gasteiger charge is 2.33. The molecule has 2 rings (SSSR count). The number of urea groups is 1. The summed E-state index contributed by atoms with van der Waals surface area (Å²) in [7, 11) is 3.40. The number of aryl methyl sites for hydroxylation is 1. The van der Waals surface area contributed by atoms with Gasteiger partial charge in [0.25, 0.3) is 0 Å². The molecule has 6 nitrogen and oxygen atoms in total. The molecule has 1 aromatic rings. The van der Waals surface area contributed by atoms with Gasteiger partial charge in [-0.3, -0.25) is 4.79 Å². The molecule has 2 N–H and O–H groups in total. The second kappa shape index (κ2) is 6.58. The third-order valence-corrected chi connectivity index (χ3v) is 3.50. The van der Waals surface area contributed by atoms with Gasteiger partial charge in [0.1, 0.15) is 6.04 Å². The highest BCUT2D eigenvalue weighted by molar-refractivity contribution is 5.94. The Kier molecular flexibility index (Phi) is 4.80. The van der Waals surface area contributed by atoms with Crippen LogP contribution in [0.1, 0.15) is 5.56 Å². The minimum absolute atomic E-state index is 0.0680. The van der Waals surface area contributed by atoms with Crippen molar-refractivity contribution in [3.05, 3.63) is 29.8 Å². The first-order valence-electron chi connectivity index (χ1n) is 7.05. The van der Waals surface area contributed by atoms with Crippen LogP contribution in [0.4, 0.5) is 10.5 Å². The lowest BCUT2D eigenvalue weighted by Crippen LogP contribution is -2.60. The van der Waals surface area contributed by atoms with E-state index < -0.39 is 6.04 Å². The van der Waals surface area contributed by atoms with Crippen molar-refractivity contribution in [2.45, 2.75) is 13.0 Å². The number of benzene rings is 1. The number of rotatable bonds is 2. The molecule has 114 valence electrons. The Morgan fingerprint density at radius 3 is 2.81 bits per heavy atom. The van der Waals surface area contributed by atoms with Crippen molar-refractivity contribution in [1.82, 2.24) is 15.1 Å². The lowest BCUT2D eigenvalue weighted by Gasteiger charge is -2.36. The maximum Gasteiger partial charge on any atom is 0.322 e. The molecule has 0 radical (unpaired) electrons. The fraction of sp³-hybridized carbons (Fsp3) is 0.467. The molecule has 1 fully saturated rings. The van der Waals surface area contributed by atoms with E-state index in [0.29, 0.717) is 19.6 Å². The van der Waals surface area contributed by atoms with Crippen molar-refractivity contribution in [3.63, 3.8) is 0 Å². The fourth-order valence-electron chi connectivity index (χ4n) is 2.38. The number of nitrogens with one attached hydrogen (secondary N) is 2. The number of hydrogen-bond acceptors (Lipinski definition) is 3. The Bertz CT molecular complexity index is 530. The number of carbonyl (C=O) groups is 2. The maximum atomic E-state index is 12.4. The molecule has 1 aromatic carbocycles. The number of amides is 3. The molecule has 0 aliphatic carbocycles. The summed E-state index contributed by atoms with van der Waals surface area (Å²) in [6.45, 7) is 3.66. The van der Waals surface area contributed by atoms with Gasteiger partial charge in [0.15, 0.2) is 0 Å². The molecule has 1 atom stereocenters. The molecule has 1 unspecified atom stereocenters. The van der Waals surface area contributed by atoms with Crippen LogP contribution in [-0.4, -0.2) is 61.5 Å². The third kappa shape index (κ3) is 3.72. The lowest BCUT2D eigenvalue weighted by atomic mass is 10.1. The Hall–Kier alpha value is -2.08. The van der Waals surface area contributed by atoms with Gasteiger partial charge in [-0.05, 0) is 24.6 Å². The van der Waals surface area contributed by atoms with E-state index in [1.165, 1.54) is 4.90 Å². The van der Waals surface area contributed by atoms with E-state index in [-0.39, 0.29) is 11.9 Å². The smallest absolute Gasteiger partial charge is 0.322 e. The van der Waals surface area contributed by atoms with Crippen LogP contribution in [0.2, 0.25) is 0 Å². The lowest BCUT2D eigenvalue weighted by molar-refractivity contribution is -0.133. The summed E-state index contributed by atoms with van der Waals surface area (Å²) < 4.78 is 0. The summed E-state index contributed by atoms with van der Waals surface area (Å²) >= 11 is 0. The largest absolute Gasteiger partial charge is 0.347 e. The average molecular weight is 290 g/mol. The van der Waals surface area contributed by atoms with Crippen molar-refractivity contribution >= 4 is 17.6 Å². The molecule has 1 saturated heterocycles. The van der Waals surface area contributed by atoms with Gasteiger partial charge in [0.05, 0.1) is 0 Å². The first-order chi connectivity index (χ1) is 9.99. The van der Waals surface area contributed by atoms with Crippen LogP contribution in [0.5, 0.6) is 0 Å². The molecule has 1 aliphatic rings. The minimum atomic E-state index is -0.460. The summed E-state index contributed by atoms with van der Waals surface area (Å²) in [6.07, 6.45) is 0. The average Bonchev–Trinajstić information content (AvgIpc) is 2.46. The van der Waals surface area contributed by atoms with Crippen LogP contribution in [-0.2, 0) is 4.79 Å². The zero-order chi connectivity index (χ0) is 15.4. The van der Waals surface area contributed by atoms with Crippen LogP contribution < -0.4 is 10.6 Å². The predicted octanol–water partition coefficient (Wildman–Crippen LogP) is 0.889. The quantitative estimate of drug-likeness (QED) is 0.850. The Morgan fingerprint density at radius 1 is 1.38 bits per heavy atom. The first-order valence-corrected chi connectivity index (χ1v) is 7.05. The van der Waals surface area contributed by atoms with Gasteiger partial charge in [0.2, 0.25) is 5.91 Å². The zero-order valence-corrected chi connectivity index (χ0v) is 12.7. The van der Waals surface area contributed by atoms with E-state index in [1.807, 2.05) is 31.2 Å². The summed E-state index contributed by atoms with van der Waals surface area (Å²) in [5, 5.41) is 6.02. The second-order valence-electron chi connectivity index (χ2n) is 5.45. The van der Waals surface area contributed by atoms with Crippen molar-refractivity contribution in [2.75, 3.05) is 39.0 Å². The molecule has 0 saturated carbocycles. The number of carbonyl (C=O) groups excluding carboxylic acids is 2. The minimum Gasteiger partial charge on any atom is -0.347 e. The van der Waals surface area contributed by atoms with Crippen LogP contribution in [0, 0.1) is 6.92 Å². The van der Waals surface area contributed by atoms with Crippen LogP contribution >= 0.6 is 0 Å². The van der Waals surface area contributed by atoms with Gasteiger partial charge < -0.3 is 20.4 Å². The topological polar surface area (TPSA) is 64.7 Å². The normalized spacial score (nSPS) is 18.2. The monoisotopic (exact) mass is 290 g/mol. The standard InChI is InChI=1S/C15H22N4O2/c1-11-5-4-6-12(9-11)17-15(21)19-8-7-16-10-13(19)14(20)18(2)3/h4-6,9,13,16H,7-8,10H2,1-3H3,(H,17,21). The van der Waals surface area contributed by atoms with Gasteiger partial charge in [-0.2, -0.15) is 0 Å². The highest BCUT2D eigenvalue weighted by atomic mass is 16.2. The summed E-state index contributed by atoms with van der Waals surface area (Å²) in [5.41, 5.74) is 1.82. The van der Waals surface area contributed by atoms with E-state index in [2.05, 4.69) is 10.6 Å². The van der Waals surface area contributed by atoms with Gasteiger partial charge in [-0.25, -0.2) is 4.79 Å². The van der Waals surface area contributed by atoms with Crippen molar-refractivity contribution in [1.29, 1.82) is 0 Å². The molecule has 21 heavy (non-hydrogen) atoms. The Morgan fingerprint density at radius 2 is 2.14 bits per heavy atom. The van der Waals surface area contributed by atoms with Gasteiger partial charge in [0, 0.05) is 39.4 Å². The van der Waals surface area contributed by atoms with E-state index in [0.717, 1.165) is 11.3 Å². The predicted molar refractivity (Wildman–Crippen MR) is 82.3 cm³/mol.